The standard InChI is InChI=1S/C16H18BrIN2O/c1-3-8-19-15(12-10-11(18)6-7-13(12)17)16-14(21-2)5-4-9-20-16/h4-7,9-10,15,19H,3,8H2,1-2H3. The first-order valence-corrected chi connectivity index (χ1v) is 8.71. The second-order valence-electron chi connectivity index (χ2n) is 4.64. The van der Waals surface area contributed by atoms with Crippen LogP contribution in [0.25, 0.3) is 0 Å². The minimum atomic E-state index is 0.00481. The number of rotatable bonds is 6. The van der Waals surface area contributed by atoms with Crippen molar-refractivity contribution >= 4 is 38.5 Å². The van der Waals surface area contributed by atoms with E-state index < -0.39 is 0 Å². The third-order valence-electron chi connectivity index (χ3n) is 3.16. The van der Waals surface area contributed by atoms with E-state index in [0.29, 0.717) is 0 Å². The van der Waals surface area contributed by atoms with Crippen LogP contribution < -0.4 is 10.1 Å². The van der Waals surface area contributed by atoms with Gasteiger partial charge in [-0.3, -0.25) is 4.98 Å². The van der Waals surface area contributed by atoms with Gasteiger partial charge in [-0.25, -0.2) is 0 Å². The smallest absolute Gasteiger partial charge is 0.142 e. The van der Waals surface area contributed by atoms with Crippen LogP contribution in [-0.2, 0) is 0 Å². The number of benzene rings is 1. The third-order valence-corrected chi connectivity index (χ3v) is 4.55. The highest BCUT2D eigenvalue weighted by atomic mass is 127. The van der Waals surface area contributed by atoms with Gasteiger partial charge in [0.2, 0.25) is 0 Å². The van der Waals surface area contributed by atoms with Gasteiger partial charge in [0.1, 0.15) is 11.4 Å². The van der Waals surface area contributed by atoms with Crippen molar-refractivity contribution in [3.8, 4) is 5.75 Å². The number of hydrogen-bond acceptors (Lipinski definition) is 3. The molecule has 1 aromatic heterocycles. The molecule has 0 radical (unpaired) electrons. The second-order valence-corrected chi connectivity index (χ2v) is 6.74. The van der Waals surface area contributed by atoms with Gasteiger partial charge in [-0.05, 0) is 71.5 Å². The number of aromatic nitrogens is 1. The molecule has 112 valence electrons. The molecule has 0 saturated heterocycles. The van der Waals surface area contributed by atoms with E-state index in [0.717, 1.165) is 28.9 Å². The molecule has 0 aliphatic heterocycles. The first-order chi connectivity index (χ1) is 10.2. The van der Waals surface area contributed by atoms with E-state index >= 15 is 0 Å². The Labute approximate surface area is 147 Å². The van der Waals surface area contributed by atoms with E-state index in [1.807, 2.05) is 12.1 Å². The lowest BCUT2D eigenvalue weighted by atomic mass is 10.0. The number of methoxy groups -OCH3 is 1. The molecule has 1 heterocycles. The molecule has 0 spiro atoms. The van der Waals surface area contributed by atoms with E-state index in [1.165, 1.54) is 9.13 Å². The highest BCUT2D eigenvalue weighted by Gasteiger charge is 2.21. The normalized spacial score (nSPS) is 12.2. The lowest BCUT2D eigenvalue weighted by molar-refractivity contribution is 0.399. The summed E-state index contributed by atoms with van der Waals surface area (Å²) in [7, 11) is 1.68. The average Bonchev–Trinajstić information content (AvgIpc) is 2.51. The minimum absolute atomic E-state index is 0.00481. The largest absolute Gasteiger partial charge is 0.495 e. The van der Waals surface area contributed by atoms with Crippen molar-refractivity contribution < 1.29 is 4.74 Å². The zero-order valence-corrected chi connectivity index (χ0v) is 15.8. The van der Waals surface area contributed by atoms with Crippen LogP contribution in [0.4, 0.5) is 0 Å². The maximum Gasteiger partial charge on any atom is 0.142 e. The van der Waals surface area contributed by atoms with Gasteiger partial charge in [-0.15, -0.1) is 0 Å². The lowest BCUT2D eigenvalue weighted by Crippen LogP contribution is -2.25. The zero-order valence-electron chi connectivity index (χ0n) is 12.1. The van der Waals surface area contributed by atoms with Crippen LogP contribution in [0.1, 0.15) is 30.6 Å². The van der Waals surface area contributed by atoms with Crippen LogP contribution in [-0.4, -0.2) is 18.6 Å². The SMILES string of the molecule is CCCNC(c1cc(I)ccc1Br)c1ncccc1OC. The summed E-state index contributed by atoms with van der Waals surface area (Å²) < 4.78 is 7.75. The Hall–Kier alpha value is -0.660. The highest BCUT2D eigenvalue weighted by molar-refractivity contribution is 14.1. The molecule has 1 unspecified atom stereocenters. The Morgan fingerprint density at radius 1 is 1.38 bits per heavy atom. The minimum Gasteiger partial charge on any atom is -0.495 e. The summed E-state index contributed by atoms with van der Waals surface area (Å²) >= 11 is 5.99. The number of halogens is 2. The summed E-state index contributed by atoms with van der Waals surface area (Å²) in [4.78, 5) is 4.54. The zero-order chi connectivity index (χ0) is 15.2. The predicted octanol–water partition coefficient (Wildman–Crippen LogP) is 4.55. The summed E-state index contributed by atoms with van der Waals surface area (Å²) in [5.74, 6) is 0.803. The Kier molecular flexibility index (Phi) is 6.44. The number of ether oxygens (including phenoxy) is 1. The fourth-order valence-corrected chi connectivity index (χ4v) is 3.16. The Morgan fingerprint density at radius 3 is 2.90 bits per heavy atom. The molecule has 1 atom stereocenters. The molecule has 0 aliphatic rings. The van der Waals surface area contributed by atoms with Crippen LogP contribution in [0.3, 0.4) is 0 Å². The van der Waals surface area contributed by atoms with Gasteiger partial charge in [-0.1, -0.05) is 22.9 Å². The molecular formula is C16H18BrIN2O. The van der Waals surface area contributed by atoms with Crippen molar-refractivity contribution in [1.82, 2.24) is 10.3 Å². The van der Waals surface area contributed by atoms with Crippen molar-refractivity contribution in [2.75, 3.05) is 13.7 Å². The topological polar surface area (TPSA) is 34.2 Å². The fraction of sp³-hybridized carbons (Fsp3) is 0.312. The van der Waals surface area contributed by atoms with Crippen LogP contribution in [0.2, 0.25) is 0 Å². The quantitative estimate of drug-likeness (QED) is 0.642. The molecule has 21 heavy (non-hydrogen) atoms. The average molecular weight is 461 g/mol. The van der Waals surface area contributed by atoms with Gasteiger partial charge in [0, 0.05) is 14.2 Å². The van der Waals surface area contributed by atoms with Gasteiger partial charge in [0.05, 0.1) is 13.2 Å². The first kappa shape index (κ1) is 16.7. The molecule has 1 aromatic carbocycles. The Bertz CT molecular complexity index is 607. The van der Waals surface area contributed by atoms with Gasteiger partial charge in [0.25, 0.3) is 0 Å². The molecule has 3 nitrogen and oxygen atoms in total. The van der Waals surface area contributed by atoms with Crippen LogP contribution in [0.15, 0.2) is 41.0 Å². The number of nitrogens with zero attached hydrogens (tertiary/aromatic N) is 1. The van der Waals surface area contributed by atoms with Gasteiger partial charge < -0.3 is 10.1 Å². The van der Waals surface area contributed by atoms with E-state index in [9.17, 15) is 0 Å². The summed E-state index contributed by atoms with van der Waals surface area (Å²) in [5.41, 5.74) is 2.09. The number of pyridine rings is 1. The van der Waals surface area contributed by atoms with Crippen molar-refractivity contribution in [2.24, 2.45) is 0 Å². The van der Waals surface area contributed by atoms with Crippen molar-refractivity contribution in [1.29, 1.82) is 0 Å². The van der Waals surface area contributed by atoms with E-state index in [2.05, 4.69) is 73.9 Å². The Balaban J connectivity index is 2.49. The molecule has 0 fully saturated rings. The van der Waals surface area contributed by atoms with E-state index in [1.54, 1.807) is 13.3 Å². The number of hydrogen-bond donors (Lipinski definition) is 1. The molecule has 0 aliphatic carbocycles. The van der Waals surface area contributed by atoms with Crippen molar-refractivity contribution in [2.45, 2.75) is 19.4 Å². The summed E-state index contributed by atoms with van der Waals surface area (Å²) in [5, 5.41) is 3.57. The number of nitrogens with one attached hydrogen (secondary N) is 1. The molecular weight excluding hydrogens is 443 g/mol. The monoisotopic (exact) mass is 460 g/mol. The first-order valence-electron chi connectivity index (χ1n) is 6.84. The molecule has 0 amide bonds. The van der Waals surface area contributed by atoms with Crippen LogP contribution >= 0.6 is 38.5 Å². The maximum absolute atomic E-state index is 5.48. The van der Waals surface area contributed by atoms with Crippen molar-refractivity contribution in [3.63, 3.8) is 0 Å². The highest BCUT2D eigenvalue weighted by Crippen LogP contribution is 2.33. The fourth-order valence-electron chi connectivity index (χ4n) is 2.17. The van der Waals surface area contributed by atoms with Crippen LogP contribution in [0.5, 0.6) is 5.75 Å². The molecule has 2 rings (SSSR count). The Morgan fingerprint density at radius 2 is 2.19 bits per heavy atom. The third kappa shape index (κ3) is 4.17. The summed E-state index contributed by atoms with van der Waals surface area (Å²) in [6.07, 6.45) is 2.87. The lowest BCUT2D eigenvalue weighted by Gasteiger charge is -2.22. The van der Waals surface area contributed by atoms with Gasteiger partial charge in [-0.2, -0.15) is 0 Å². The second kappa shape index (κ2) is 8.10. The maximum atomic E-state index is 5.48. The molecule has 1 N–H and O–H groups in total. The molecule has 0 bridgehead atoms. The predicted molar refractivity (Wildman–Crippen MR) is 97.8 cm³/mol. The summed E-state index contributed by atoms with van der Waals surface area (Å²) in [6.45, 7) is 3.08. The van der Waals surface area contributed by atoms with Gasteiger partial charge in [0.15, 0.2) is 0 Å². The summed E-state index contributed by atoms with van der Waals surface area (Å²) in [6, 6.07) is 10.2. The van der Waals surface area contributed by atoms with Crippen molar-refractivity contribution in [3.05, 3.63) is 55.8 Å². The molecule has 2 aromatic rings. The van der Waals surface area contributed by atoms with E-state index in [4.69, 9.17) is 4.74 Å². The molecule has 0 saturated carbocycles. The van der Waals surface area contributed by atoms with E-state index in [-0.39, 0.29) is 6.04 Å². The van der Waals surface area contributed by atoms with Crippen LogP contribution in [0, 0.1) is 3.57 Å². The molecule has 5 heteroatoms. The van der Waals surface area contributed by atoms with Gasteiger partial charge >= 0.3 is 0 Å².